The molecule has 2 aromatic rings. The molecule has 2 aromatic carbocycles. The molecule has 1 amide bonds. The van der Waals surface area contributed by atoms with Gasteiger partial charge in [0.25, 0.3) is 0 Å². The monoisotopic (exact) mass is 233 g/mol. The fourth-order valence-corrected chi connectivity index (χ4v) is 1.16. The molecule has 2 rings (SSSR count). The molecule has 0 aliphatic rings. The van der Waals surface area contributed by atoms with Crippen LogP contribution < -0.4 is 5.73 Å². The molecule has 0 atom stereocenters. The Kier molecular flexibility index (Phi) is 5.09. The van der Waals surface area contributed by atoms with Gasteiger partial charge in [-0.05, 0) is 24.3 Å². The van der Waals surface area contributed by atoms with Gasteiger partial charge in [0.1, 0.15) is 0 Å². The number of benzene rings is 2. The predicted molar refractivity (Wildman–Crippen MR) is 66.4 cm³/mol. The molecule has 0 radical (unpaired) electrons. The Bertz CT molecular complexity index is 428. The third-order valence-corrected chi connectivity index (χ3v) is 2.04. The number of primary amides is 1. The average molecular weight is 234 g/mol. The van der Waals surface area contributed by atoms with Crippen LogP contribution in [0.3, 0.4) is 0 Å². The Morgan fingerprint density at radius 3 is 1.56 bits per heavy atom. The number of hydrogen-bond donors (Lipinski definition) is 1. The van der Waals surface area contributed by atoms with Crippen LogP contribution >= 0.6 is 11.6 Å². The molecular formula is C13H12ClNO. The molecule has 82 valence electrons. The third kappa shape index (κ3) is 4.62. The van der Waals surface area contributed by atoms with Crippen molar-refractivity contribution in [1.29, 1.82) is 0 Å². The normalized spacial score (nSPS) is 8.81. The zero-order valence-electron chi connectivity index (χ0n) is 8.64. The van der Waals surface area contributed by atoms with Gasteiger partial charge in [-0.2, -0.15) is 0 Å². The molecule has 3 heteroatoms. The fourth-order valence-electron chi connectivity index (χ4n) is 1.02. The van der Waals surface area contributed by atoms with Crippen LogP contribution in [0.4, 0.5) is 0 Å². The van der Waals surface area contributed by atoms with Crippen molar-refractivity contribution < 1.29 is 4.79 Å². The van der Waals surface area contributed by atoms with Gasteiger partial charge in [0.2, 0.25) is 5.91 Å². The van der Waals surface area contributed by atoms with Crippen molar-refractivity contribution in [1.82, 2.24) is 0 Å². The van der Waals surface area contributed by atoms with Crippen molar-refractivity contribution in [3.63, 3.8) is 0 Å². The first-order valence-electron chi connectivity index (χ1n) is 4.75. The van der Waals surface area contributed by atoms with E-state index < -0.39 is 0 Å². The zero-order chi connectivity index (χ0) is 11.8. The SMILES string of the molecule is Clc1ccccc1.NC(=O)c1ccccc1. The molecule has 0 aromatic heterocycles. The van der Waals surface area contributed by atoms with Gasteiger partial charge in [0, 0.05) is 10.6 Å². The Morgan fingerprint density at radius 1 is 0.875 bits per heavy atom. The summed E-state index contributed by atoms with van der Waals surface area (Å²) < 4.78 is 0. The van der Waals surface area contributed by atoms with E-state index >= 15 is 0 Å². The second kappa shape index (κ2) is 6.64. The number of hydrogen-bond acceptors (Lipinski definition) is 1. The van der Waals surface area contributed by atoms with E-state index in [0.29, 0.717) is 5.56 Å². The Labute approximate surface area is 99.7 Å². The van der Waals surface area contributed by atoms with Crippen molar-refractivity contribution in [3.8, 4) is 0 Å². The summed E-state index contributed by atoms with van der Waals surface area (Å²) in [6.07, 6.45) is 0. The maximum atomic E-state index is 10.4. The van der Waals surface area contributed by atoms with Gasteiger partial charge in [-0.15, -0.1) is 0 Å². The minimum absolute atomic E-state index is 0.379. The second-order valence-electron chi connectivity index (χ2n) is 3.03. The number of nitrogens with two attached hydrogens (primary N) is 1. The van der Waals surface area contributed by atoms with E-state index in [1.54, 1.807) is 24.3 Å². The Balaban J connectivity index is 0.000000165. The van der Waals surface area contributed by atoms with Gasteiger partial charge in [0.05, 0.1) is 0 Å². The minimum Gasteiger partial charge on any atom is -0.366 e. The highest BCUT2D eigenvalue weighted by Gasteiger charge is 1.93. The summed E-state index contributed by atoms with van der Waals surface area (Å²) in [5.74, 6) is -0.379. The summed E-state index contributed by atoms with van der Waals surface area (Å²) in [6, 6.07) is 18.2. The van der Waals surface area contributed by atoms with E-state index in [4.69, 9.17) is 17.3 Å². The van der Waals surface area contributed by atoms with Gasteiger partial charge in [-0.25, -0.2) is 0 Å². The highest BCUT2D eigenvalue weighted by atomic mass is 35.5. The van der Waals surface area contributed by atoms with E-state index in [2.05, 4.69) is 0 Å². The van der Waals surface area contributed by atoms with Crippen LogP contribution in [0, 0.1) is 0 Å². The topological polar surface area (TPSA) is 43.1 Å². The van der Waals surface area contributed by atoms with Crippen LogP contribution in [0.5, 0.6) is 0 Å². The largest absolute Gasteiger partial charge is 0.366 e. The lowest BCUT2D eigenvalue weighted by molar-refractivity contribution is 0.100. The highest BCUT2D eigenvalue weighted by molar-refractivity contribution is 6.30. The third-order valence-electron chi connectivity index (χ3n) is 1.79. The Hall–Kier alpha value is -1.80. The average Bonchev–Trinajstić information content (AvgIpc) is 2.32. The second-order valence-corrected chi connectivity index (χ2v) is 3.46. The molecule has 0 aliphatic heterocycles. The lowest BCUT2D eigenvalue weighted by atomic mass is 10.2. The van der Waals surface area contributed by atoms with Crippen molar-refractivity contribution in [3.05, 3.63) is 71.2 Å². The van der Waals surface area contributed by atoms with Crippen LogP contribution in [0.15, 0.2) is 60.7 Å². The lowest BCUT2D eigenvalue weighted by Gasteiger charge is -1.89. The molecule has 2 N–H and O–H groups in total. The molecule has 0 spiro atoms. The quantitative estimate of drug-likeness (QED) is 0.808. The van der Waals surface area contributed by atoms with Gasteiger partial charge >= 0.3 is 0 Å². The van der Waals surface area contributed by atoms with Gasteiger partial charge in [-0.3, -0.25) is 4.79 Å². The fraction of sp³-hybridized carbons (Fsp3) is 0. The molecule has 16 heavy (non-hydrogen) atoms. The van der Waals surface area contributed by atoms with E-state index in [9.17, 15) is 4.79 Å². The highest BCUT2D eigenvalue weighted by Crippen LogP contribution is 2.03. The van der Waals surface area contributed by atoms with Crippen LogP contribution in [0.25, 0.3) is 0 Å². The number of carbonyl (C=O) groups excluding carboxylic acids is 1. The van der Waals surface area contributed by atoms with E-state index in [0.717, 1.165) is 5.02 Å². The Morgan fingerprint density at radius 2 is 1.31 bits per heavy atom. The zero-order valence-corrected chi connectivity index (χ0v) is 9.39. The molecule has 0 saturated carbocycles. The van der Waals surface area contributed by atoms with Crippen LogP contribution in [-0.2, 0) is 0 Å². The van der Waals surface area contributed by atoms with Gasteiger partial charge < -0.3 is 5.73 Å². The van der Waals surface area contributed by atoms with Crippen molar-refractivity contribution in [2.45, 2.75) is 0 Å². The molecule has 0 aliphatic carbocycles. The lowest BCUT2D eigenvalue weighted by Crippen LogP contribution is -2.09. The summed E-state index contributed by atoms with van der Waals surface area (Å²) in [7, 11) is 0. The van der Waals surface area contributed by atoms with Crippen molar-refractivity contribution >= 4 is 17.5 Å². The summed E-state index contributed by atoms with van der Waals surface area (Å²) >= 11 is 5.54. The van der Waals surface area contributed by atoms with Crippen LogP contribution in [-0.4, -0.2) is 5.91 Å². The minimum atomic E-state index is -0.379. The molecule has 0 heterocycles. The maximum Gasteiger partial charge on any atom is 0.248 e. The molecule has 0 unspecified atom stereocenters. The van der Waals surface area contributed by atoms with Crippen molar-refractivity contribution in [2.75, 3.05) is 0 Å². The smallest absolute Gasteiger partial charge is 0.248 e. The van der Waals surface area contributed by atoms with Crippen LogP contribution in [0.1, 0.15) is 10.4 Å². The molecule has 0 bridgehead atoms. The first kappa shape index (κ1) is 12.3. The molecule has 2 nitrogen and oxygen atoms in total. The van der Waals surface area contributed by atoms with E-state index in [-0.39, 0.29) is 5.91 Å². The number of carbonyl (C=O) groups is 1. The first-order chi connectivity index (χ1) is 7.70. The molecular weight excluding hydrogens is 222 g/mol. The predicted octanol–water partition coefficient (Wildman–Crippen LogP) is 3.13. The number of rotatable bonds is 1. The van der Waals surface area contributed by atoms with Gasteiger partial charge in [0.15, 0.2) is 0 Å². The number of halogens is 1. The maximum absolute atomic E-state index is 10.4. The van der Waals surface area contributed by atoms with E-state index in [1.165, 1.54) is 0 Å². The van der Waals surface area contributed by atoms with Crippen molar-refractivity contribution in [2.24, 2.45) is 5.73 Å². The summed E-state index contributed by atoms with van der Waals surface area (Å²) in [4.78, 5) is 10.4. The van der Waals surface area contributed by atoms with E-state index in [1.807, 2.05) is 36.4 Å². The summed E-state index contributed by atoms with van der Waals surface area (Å²) in [5, 5.41) is 0.794. The molecule has 0 fully saturated rings. The standard InChI is InChI=1S/C7H7NO.C6H5Cl/c8-7(9)6-4-2-1-3-5-6;7-6-4-2-1-3-5-6/h1-5H,(H2,8,9);1-5H. The molecule has 0 saturated heterocycles. The summed E-state index contributed by atoms with van der Waals surface area (Å²) in [6.45, 7) is 0. The van der Waals surface area contributed by atoms with Gasteiger partial charge in [-0.1, -0.05) is 48.0 Å². The first-order valence-corrected chi connectivity index (χ1v) is 5.13. The summed E-state index contributed by atoms with van der Waals surface area (Å²) in [5.41, 5.74) is 5.53. The number of amides is 1. The van der Waals surface area contributed by atoms with Crippen LogP contribution in [0.2, 0.25) is 5.02 Å².